The van der Waals surface area contributed by atoms with E-state index in [1.807, 2.05) is 11.6 Å². The maximum atomic E-state index is 5.90. The zero-order valence-electron chi connectivity index (χ0n) is 8.67. The highest BCUT2D eigenvalue weighted by Gasteiger charge is 2.09. The second-order valence-corrected chi connectivity index (χ2v) is 4.43. The van der Waals surface area contributed by atoms with Crippen LogP contribution in [-0.2, 0) is 7.05 Å². The number of hydrogen-bond donors (Lipinski definition) is 1. The lowest BCUT2D eigenvalue weighted by Crippen LogP contribution is -2.28. The first-order chi connectivity index (χ1) is 6.11. The van der Waals surface area contributed by atoms with Crippen LogP contribution >= 0.6 is 24.2 Å². The number of thioether (sulfide) groups is 1. The van der Waals surface area contributed by atoms with Crippen LogP contribution in [0, 0.1) is 5.92 Å². The Labute approximate surface area is 95.1 Å². The molecule has 1 aromatic heterocycles. The fourth-order valence-electron chi connectivity index (χ4n) is 0.766. The topological polar surface area (TPSA) is 56.7 Å². The average molecular weight is 237 g/mol. The van der Waals surface area contributed by atoms with Crippen molar-refractivity contribution in [3.63, 3.8) is 0 Å². The Kier molecular flexibility index (Phi) is 6.15. The predicted octanol–water partition coefficient (Wildman–Crippen LogP) is 1.31. The molecule has 0 aliphatic rings. The molecule has 82 valence electrons. The molecule has 14 heavy (non-hydrogen) atoms. The van der Waals surface area contributed by atoms with Crippen molar-refractivity contribution in [2.75, 3.05) is 5.75 Å². The van der Waals surface area contributed by atoms with Crippen LogP contribution in [0.25, 0.3) is 0 Å². The maximum absolute atomic E-state index is 5.90. The maximum Gasteiger partial charge on any atom is 0.190 e. The molecule has 0 saturated carbocycles. The van der Waals surface area contributed by atoms with Gasteiger partial charge in [-0.1, -0.05) is 25.6 Å². The van der Waals surface area contributed by atoms with Crippen molar-refractivity contribution in [2.45, 2.75) is 25.0 Å². The van der Waals surface area contributed by atoms with Crippen molar-refractivity contribution >= 4 is 24.2 Å². The largest absolute Gasteiger partial charge is 0.327 e. The number of halogens is 1. The lowest BCUT2D eigenvalue weighted by Gasteiger charge is -2.13. The number of hydrogen-bond acceptors (Lipinski definition) is 4. The van der Waals surface area contributed by atoms with E-state index in [4.69, 9.17) is 5.73 Å². The summed E-state index contributed by atoms with van der Waals surface area (Å²) in [5, 5.41) is 8.69. The summed E-state index contributed by atoms with van der Waals surface area (Å²) in [6, 6.07) is 0.224. The predicted molar refractivity (Wildman–Crippen MR) is 61.8 cm³/mol. The van der Waals surface area contributed by atoms with Gasteiger partial charge in [0.1, 0.15) is 6.33 Å². The van der Waals surface area contributed by atoms with Crippen LogP contribution in [-0.4, -0.2) is 26.6 Å². The van der Waals surface area contributed by atoms with E-state index in [0.717, 1.165) is 10.9 Å². The average Bonchev–Trinajstić information content (AvgIpc) is 2.47. The van der Waals surface area contributed by atoms with E-state index in [-0.39, 0.29) is 18.4 Å². The Hall–Kier alpha value is -0.260. The highest BCUT2D eigenvalue weighted by Crippen LogP contribution is 2.16. The molecule has 1 unspecified atom stereocenters. The molecule has 0 radical (unpaired) electrons. The van der Waals surface area contributed by atoms with Crippen LogP contribution in [0.4, 0.5) is 0 Å². The van der Waals surface area contributed by atoms with Gasteiger partial charge in [0, 0.05) is 18.8 Å². The summed E-state index contributed by atoms with van der Waals surface area (Å²) in [7, 11) is 1.93. The molecule has 1 aromatic rings. The third-order valence-corrected chi connectivity index (χ3v) is 3.11. The number of nitrogens with two attached hydrogens (primary N) is 1. The monoisotopic (exact) mass is 236 g/mol. The summed E-state index contributed by atoms with van der Waals surface area (Å²) in [5.74, 6) is 1.41. The molecule has 0 saturated heterocycles. The molecule has 0 aliphatic carbocycles. The molecular formula is C8H17ClN4S. The van der Waals surface area contributed by atoms with E-state index in [2.05, 4.69) is 24.0 Å². The Morgan fingerprint density at radius 1 is 1.57 bits per heavy atom. The Morgan fingerprint density at radius 3 is 2.64 bits per heavy atom. The Balaban J connectivity index is 0.00000169. The smallest absolute Gasteiger partial charge is 0.190 e. The number of nitrogens with zero attached hydrogens (tertiary/aromatic N) is 3. The van der Waals surface area contributed by atoms with Crippen molar-refractivity contribution in [3.8, 4) is 0 Å². The summed E-state index contributed by atoms with van der Waals surface area (Å²) < 4.78 is 1.90. The molecule has 1 heterocycles. The minimum absolute atomic E-state index is 0. The first-order valence-electron chi connectivity index (χ1n) is 4.33. The normalized spacial score (nSPS) is 12.6. The van der Waals surface area contributed by atoms with Crippen LogP contribution < -0.4 is 5.73 Å². The zero-order chi connectivity index (χ0) is 9.84. The van der Waals surface area contributed by atoms with Gasteiger partial charge < -0.3 is 10.3 Å². The van der Waals surface area contributed by atoms with Gasteiger partial charge in [-0.15, -0.1) is 22.6 Å². The van der Waals surface area contributed by atoms with Gasteiger partial charge in [-0.05, 0) is 5.92 Å². The van der Waals surface area contributed by atoms with Gasteiger partial charge in [0.25, 0.3) is 0 Å². The fraction of sp³-hybridized carbons (Fsp3) is 0.750. The minimum Gasteiger partial charge on any atom is -0.327 e. The molecule has 0 spiro atoms. The molecule has 0 aliphatic heterocycles. The molecule has 0 amide bonds. The van der Waals surface area contributed by atoms with Crippen LogP contribution in [0.3, 0.4) is 0 Å². The van der Waals surface area contributed by atoms with Gasteiger partial charge in [0.2, 0.25) is 0 Å². The van der Waals surface area contributed by atoms with E-state index < -0.39 is 0 Å². The molecule has 0 fully saturated rings. The second-order valence-electron chi connectivity index (χ2n) is 3.44. The molecule has 1 atom stereocenters. The number of aryl methyl sites for hydroxylation is 1. The molecule has 1 rings (SSSR count). The summed E-state index contributed by atoms with van der Waals surface area (Å²) >= 11 is 1.65. The lowest BCUT2D eigenvalue weighted by atomic mass is 10.1. The third-order valence-electron chi connectivity index (χ3n) is 1.93. The van der Waals surface area contributed by atoms with Crippen LogP contribution in [0.1, 0.15) is 13.8 Å². The van der Waals surface area contributed by atoms with Crippen molar-refractivity contribution in [3.05, 3.63) is 6.33 Å². The quantitative estimate of drug-likeness (QED) is 0.801. The molecule has 2 N–H and O–H groups in total. The Morgan fingerprint density at radius 2 is 2.21 bits per heavy atom. The van der Waals surface area contributed by atoms with E-state index in [1.54, 1.807) is 18.1 Å². The lowest BCUT2D eigenvalue weighted by molar-refractivity contribution is 0.535. The summed E-state index contributed by atoms with van der Waals surface area (Å²) in [4.78, 5) is 0. The van der Waals surface area contributed by atoms with E-state index in [1.165, 1.54) is 0 Å². The van der Waals surface area contributed by atoms with Crippen LogP contribution in [0.15, 0.2) is 11.5 Å². The van der Waals surface area contributed by atoms with E-state index >= 15 is 0 Å². The van der Waals surface area contributed by atoms with Crippen molar-refractivity contribution in [2.24, 2.45) is 18.7 Å². The van der Waals surface area contributed by atoms with Gasteiger partial charge >= 0.3 is 0 Å². The van der Waals surface area contributed by atoms with Crippen molar-refractivity contribution in [1.29, 1.82) is 0 Å². The minimum atomic E-state index is 0. The first kappa shape index (κ1) is 13.7. The molecule has 6 heteroatoms. The van der Waals surface area contributed by atoms with E-state index in [9.17, 15) is 0 Å². The first-order valence-corrected chi connectivity index (χ1v) is 5.32. The Bertz CT molecular complexity index is 264. The molecule has 0 aromatic carbocycles. The highest BCUT2D eigenvalue weighted by molar-refractivity contribution is 7.99. The van der Waals surface area contributed by atoms with Gasteiger partial charge in [-0.25, -0.2) is 0 Å². The van der Waals surface area contributed by atoms with Crippen LogP contribution in [0.2, 0.25) is 0 Å². The van der Waals surface area contributed by atoms with Crippen LogP contribution in [0.5, 0.6) is 0 Å². The van der Waals surface area contributed by atoms with Crippen molar-refractivity contribution < 1.29 is 0 Å². The highest BCUT2D eigenvalue weighted by atomic mass is 35.5. The van der Waals surface area contributed by atoms with Crippen molar-refractivity contribution in [1.82, 2.24) is 14.8 Å². The van der Waals surface area contributed by atoms with Gasteiger partial charge in [-0.3, -0.25) is 0 Å². The summed E-state index contributed by atoms with van der Waals surface area (Å²) in [5.41, 5.74) is 5.90. The molecule has 0 bridgehead atoms. The number of rotatable bonds is 4. The standard InChI is InChI=1S/C8H16N4S.ClH/c1-6(2)7(9)4-13-8-11-10-5-12(8)3;/h5-7H,4,9H2,1-3H3;1H. The summed E-state index contributed by atoms with van der Waals surface area (Å²) in [6.45, 7) is 4.25. The zero-order valence-corrected chi connectivity index (χ0v) is 10.3. The second kappa shape index (κ2) is 6.27. The third kappa shape index (κ3) is 3.86. The van der Waals surface area contributed by atoms with Gasteiger partial charge in [-0.2, -0.15) is 0 Å². The fourth-order valence-corrected chi connectivity index (χ4v) is 1.85. The summed E-state index contributed by atoms with van der Waals surface area (Å²) in [6.07, 6.45) is 1.70. The SMILES string of the molecule is CC(C)C(N)CSc1nncn1C.Cl. The van der Waals surface area contributed by atoms with Gasteiger partial charge in [0.05, 0.1) is 0 Å². The van der Waals surface area contributed by atoms with E-state index in [0.29, 0.717) is 5.92 Å². The molecule has 4 nitrogen and oxygen atoms in total. The number of aromatic nitrogens is 3. The van der Waals surface area contributed by atoms with Gasteiger partial charge in [0.15, 0.2) is 5.16 Å². The molecular weight excluding hydrogens is 220 g/mol.